The van der Waals surface area contributed by atoms with Crippen molar-refractivity contribution in [3.8, 4) is 0 Å². The summed E-state index contributed by atoms with van der Waals surface area (Å²) < 4.78 is 0.348. The van der Waals surface area contributed by atoms with Gasteiger partial charge >= 0.3 is 0 Å². The number of hydrogen-bond donors (Lipinski definition) is 1. The Kier molecular flexibility index (Phi) is 4.70. The van der Waals surface area contributed by atoms with Crippen molar-refractivity contribution in [2.75, 3.05) is 23.7 Å². The minimum Gasteiger partial charge on any atom is -0.389 e. The van der Waals surface area contributed by atoms with Gasteiger partial charge in [-0.05, 0) is 31.0 Å². The van der Waals surface area contributed by atoms with Crippen molar-refractivity contribution in [3.63, 3.8) is 0 Å². The van der Waals surface area contributed by atoms with E-state index in [0.29, 0.717) is 4.75 Å². The lowest BCUT2D eigenvalue weighted by atomic mass is 10.1. The van der Waals surface area contributed by atoms with Crippen molar-refractivity contribution >= 4 is 29.1 Å². The fourth-order valence-corrected chi connectivity index (χ4v) is 3.71. The molecule has 106 valence electrons. The molecule has 0 spiro atoms. The van der Waals surface area contributed by atoms with Crippen LogP contribution in [0.25, 0.3) is 0 Å². The standard InChI is InChI=1S/C15H22ClNOS/c1-11(18)12-4-5-14(13(16)10-12)17-7-6-15(2,3)19-9-8-17/h4-5,10-11,18H,6-9H2,1-3H3/t11-/m1/s1. The second-order valence-corrected chi connectivity index (χ2v) is 7.94. The molecular weight excluding hydrogens is 278 g/mol. The smallest absolute Gasteiger partial charge is 0.0762 e. The van der Waals surface area contributed by atoms with E-state index in [-0.39, 0.29) is 0 Å². The van der Waals surface area contributed by atoms with E-state index in [0.717, 1.165) is 41.5 Å². The molecular formula is C15H22ClNOS. The molecule has 1 aliphatic heterocycles. The fraction of sp³-hybridized carbons (Fsp3) is 0.600. The molecule has 0 unspecified atom stereocenters. The number of thioether (sulfide) groups is 1. The number of halogens is 1. The Morgan fingerprint density at radius 3 is 2.74 bits per heavy atom. The van der Waals surface area contributed by atoms with Gasteiger partial charge in [0.15, 0.2) is 0 Å². The normalized spacial score (nSPS) is 21.0. The van der Waals surface area contributed by atoms with E-state index in [1.54, 1.807) is 6.92 Å². The fourth-order valence-electron chi connectivity index (χ4n) is 2.30. The van der Waals surface area contributed by atoms with Crippen LogP contribution in [-0.2, 0) is 0 Å². The first-order valence-corrected chi connectivity index (χ1v) is 8.12. The van der Waals surface area contributed by atoms with Crippen LogP contribution < -0.4 is 4.90 Å². The van der Waals surface area contributed by atoms with Gasteiger partial charge in [-0.3, -0.25) is 0 Å². The van der Waals surface area contributed by atoms with Crippen LogP contribution in [0.15, 0.2) is 18.2 Å². The number of benzene rings is 1. The Balaban J connectivity index is 2.18. The summed E-state index contributed by atoms with van der Waals surface area (Å²) in [5.41, 5.74) is 1.96. The summed E-state index contributed by atoms with van der Waals surface area (Å²) in [7, 11) is 0. The van der Waals surface area contributed by atoms with Crippen molar-refractivity contribution in [1.82, 2.24) is 0 Å². The van der Waals surface area contributed by atoms with E-state index < -0.39 is 6.10 Å². The SMILES string of the molecule is C[C@@H](O)c1ccc(N2CCSC(C)(C)CC2)c(Cl)c1. The van der Waals surface area contributed by atoms with Crippen LogP contribution in [0.2, 0.25) is 5.02 Å². The maximum absolute atomic E-state index is 9.59. The summed E-state index contributed by atoms with van der Waals surface area (Å²) in [6.07, 6.45) is 0.691. The van der Waals surface area contributed by atoms with Crippen molar-refractivity contribution in [3.05, 3.63) is 28.8 Å². The number of anilines is 1. The van der Waals surface area contributed by atoms with Crippen molar-refractivity contribution in [2.24, 2.45) is 0 Å². The summed E-state index contributed by atoms with van der Waals surface area (Å²) in [6.45, 7) is 8.44. The predicted molar refractivity (Wildman–Crippen MR) is 85.5 cm³/mol. The van der Waals surface area contributed by atoms with Crippen LogP contribution in [0, 0.1) is 0 Å². The largest absolute Gasteiger partial charge is 0.389 e. The van der Waals surface area contributed by atoms with Crippen LogP contribution >= 0.6 is 23.4 Å². The van der Waals surface area contributed by atoms with Crippen LogP contribution in [0.1, 0.15) is 38.9 Å². The molecule has 2 rings (SSSR count). The molecule has 1 N–H and O–H groups in total. The molecule has 1 aliphatic rings. The van der Waals surface area contributed by atoms with Gasteiger partial charge < -0.3 is 10.0 Å². The van der Waals surface area contributed by atoms with E-state index in [4.69, 9.17) is 11.6 Å². The van der Waals surface area contributed by atoms with Gasteiger partial charge in [0.2, 0.25) is 0 Å². The molecule has 1 fully saturated rings. The Morgan fingerprint density at radius 2 is 2.11 bits per heavy atom. The van der Waals surface area contributed by atoms with Gasteiger partial charge in [-0.15, -0.1) is 0 Å². The quantitative estimate of drug-likeness (QED) is 0.889. The Hall–Kier alpha value is -0.380. The summed E-state index contributed by atoms with van der Waals surface area (Å²) in [6, 6.07) is 5.88. The molecule has 0 saturated carbocycles. The molecule has 1 aromatic rings. The van der Waals surface area contributed by atoms with Crippen LogP contribution in [-0.4, -0.2) is 28.7 Å². The molecule has 0 radical (unpaired) electrons. The molecule has 0 aromatic heterocycles. The average Bonchev–Trinajstić information content (AvgIpc) is 2.50. The number of rotatable bonds is 2. The highest BCUT2D eigenvalue weighted by Crippen LogP contribution is 2.35. The third-order valence-corrected chi connectivity index (χ3v) is 5.31. The highest BCUT2D eigenvalue weighted by Gasteiger charge is 2.24. The van der Waals surface area contributed by atoms with Gasteiger partial charge in [-0.2, -0.15) is 11.8 Å². The highest BCUT2D eigenvalue weighted by atomic mass is 35.5. The number of aliphatic hydroxyl groups is 1. The van der Waals surface area contributed by atoms with Crippen molar-refractivity contribution in [2.45, 2.75) is 38.0 Å². The Labute approximate surface area is 125 Å². The topological polar surface area (TPSA) is 23.5 Å². The number of hydrogen-bond acceptors (Lipinski definition) is 3. The Morgan fingerprint density at radius 1 is 1.37 bits per heavy atom. The third-order valence-electron chi connectivity index (χ3n) is 3.63. The van der Waals surface area contributed by atoms with Gasteiger partial charge in [0.25, 0.3) is 0 Å². The summed E-state index contributed by atoms with van der Waals surface area (Å²) >= 11 is 8.40. The summed E-state index contributed by atoms with van der Waals surface area (Å²) in [5.74, 6) is 1.13. The van der Waals surface area contributed by atoms with E-state index in [9.17, 15) is 5.11 Å². The number of aliphatic hydroxyl groups excluding tert-OH is 1. The lowest BCUT2D eigenvalue weighted by molar-refractivity contribution is 0.199. The third kappa shape index (κ3) is 3.80. The molecule has 1 atom stereocenters. The van der Waals surface area contributed by atoms with Crippen LogP contribution in [0.3, 0.4) is 0 Å². The van der Waals surface area contributed by atoms with Crippen molar-refractivity contribution in [1.29, 1.82) is 0 Å². The van der Waals surface area contributed by atoms with Crippen LogP contribution in [0.4, 0.5) is 5.69 Å². The van der Waals surface area contributed by atoms with Gasteiger partial charge in [0.05, 0.1) is 16.8 Å². The Bertz CT molecular complexity index is 448. The molecule has 1 saturated heterocycles. The molecule has 1 heterocycles. The zero-order valence-electron chi connectivity index (χ0n) is 11.8. The predicted octanol–water partition coefficient (Wildman–Crippen LogP) is 4.12. The lowest BCUT2D eigenvalue weighted by Crippen LogP contribution is -2.27. The number of nitrogens with zero attached hydrogens (tertiary/aromatic N) is 1. The molecule has 2 nitrogen and oxygen atoms in total. The maximum atomic E-state index is 9.59. The minimum atomic E-state index is -0.467. The second kappa shape index (κ2) is 5.94. The molecule has 0 aliphatic carbocycles. The van der Waals surface area contributed by atoms with E-state index >= 15 is 0 Å². The van der Waals surface area contributed by atoms with Gasteiger partial charge in [-0.1, -0.05) is 31.5 Å². The molecule has 19 heavy (non-hydrogen) atoms. The minimum absolute atomic E-state index is 0.348. The second-order valence-electron chi connectivity index (χ2n) is 5.73. The highest BCUT2D eigenvalue weighted by molar-refractivity contribution is 8.00. The first-order valence-electron chi connectivity index (χ1n) is 6.75. The zero-order chi connectivity index (χ0) is 14.0. The maximum Gasteiger partial charge on any atom is 0.0762 e. The van der Waals surface area contributed by atoms with E-state index in [1.807, 2.05) is 30.0 Å². The van der Waals surface area contributed by atoms with Crippen molar-refractivity contribution < 1.29 is 5.11 Å². The van der Waals surface area contributed by atoms with Gasteiger partial charge in [0, 0.05) is 23.6 Å². The molecule has 4 heteroatoms. The van der Waals surface area contributed by atoms with Gasteiger partial charge in [0.1, 0.15) is 0 Å². The summed E-state index contributed by atoms with van der Waals surface area (Å²) in [4.78, 5) is 2.36. The zero-order valence-corrected chi connectivity index (χ0v) is 13.4. The molecule has 0 amide bonds. The molecule has 1 aromatic carbocycles. The van der Waals surface area contributed by atoms with Crippen LogP contribution in [0.5, 0.6) is 0 Å². The monoisotopic (exact) mass is 299 g/mol. The molecule has 0 bridgehead atoms. The van der Waals surface area contributed by atoms with E-state index in [2.05, 4.69) is 18.7 Å². The van der Waals surface area contributed by atoms with Gasteiger partial charge in [-0.25, -0.2) is 0 Å². The first-order chi connectivity index (χ1) is 8.89. The lowest BCUT2D eigenvalue weighted by Gasteiger charge is -2.25. The van der Waals surface area contributed by atoms with E-state index in [1.165, 1.54) is 0 Å². The first kappa shape index (κ1) is 15.0. The summed E-state index contributed by atoms with van der Waals surface area (Å²) in [5, 5.41) is 10.3. The average molecular weight is 300 g/mol.